The quantitative estimate of drug-likeness (QED) is 0.0224. The summed E-state index contributed by atoms with van der Waals surface area (Å²) in [5, 5.41) is 34.6. The van der Waals surface area contributed by atoms with E-state index >= 15 is 0 Å². The SMILES string of the molecule is CC(C)(CN)CNc1ncc2c(n1)-c1ccccc1C1(CCNCC1)C2.CCCOCCNc1ncc2c(n1)-c1ccccc1C1(CCNCC1)C2.CCN(CC)CCCNc1ncc2c(n1)-c1ccccc1C1(CCNCC1)C2.c1ccc(CN2CCN(CCNc3ncc4c(n3)-c3ccccc3C3(CCNCC3)C4)CC2)cc1.c1ccc2c(c1)-c1nc(NCc3ccc4c(c3)OCCO4)ncc1CC21CCNCC1. The molecule has 0 unspecified atom stereocenters. The number of aromatic nitrogens is 10. The standard InChI is InChI=1S/C29H36N6.C25H26N4O2.C23H33N5.C21H29N5.C21H28N4O/c1-2-6-23(7-3-1)22-35-18-16-34(17-19-35)15-14-31-28-32-21-24-20-29(10-12-30-13-11-29)26-9-5-4-8-25(26)27(24)33-28;1-2-4-20-19(3-1)23-18(14-25(20)7-9-26-10-8-25)16-28-24(29-23)27-15-17-5-6-21-22(13-17)31-12-11-30-21;1-3-28(4-2)15-7-12-25-22-26-17-18-16-23(10-13-24-14-11-23)20-9-6-5-8-19(20)21(18)27-22;1-20(2,13-22)14-25-19-24-12-15-11-21(7-9-23-10-8-21)17-6-4-3-5-16(17)18(15)26-19;1-2-12-26-13-11-23-20-24-15-16-14-21(7-9-22-10-8-21)18-6-4-3-5-17(18)19(16)25-20/h1-9,21,30H,10-20,22H2,(H,31,32,33);1-6,13,16,26H,7-12,14-15H2,(H,27,28,29);5-6,8-9,17,24H,3-4,7,10-16H2,1-2H3,(H,25,26,27);3-6,12,23H,7-11,13-14,22H2,1-2H3,(H,24,25,26);3-6,15,22H,2,7-14H2,1H3,(H,23,24,25). The summed E-state index contributed by atoms with van der Waals surface area (Å²) in [4.78, 5) is 55.4. The highest BCUT2D eigenvalue weighted by atomic mass is 16.6. The molecule has 27 nitrogen and oxygen atoms in total. The Labute approximate surface area is 863 Å². The number of piperazine rings is 1. The normalized spacial score (nSPS) is 18.3. The predicted octanol–water partition coefficient (Wildman–Crippen LogP) is 16.6. The van der Waals surface area contributed by atoms with E-state index in [1.165, 1.54) is 140 Å². The highest BCUT2D eigenvalue weighted by Crippen LogP contribution is 2.53. The Morgan fingerprint density at radius 3 is 1.10 bits per heavy atom. The number of hydrogen-bond acceptors (Lipinski definition) is 27. The van der Waals surface area contributed by atoms with E-state index in [-0.39, 0.29) is 32.5 Å². The van der Waals surface area contributed by atoms with Gasteiger partial charge in [0, 0.05) is 164 Å². The first-order chi connectivity index (χ1) is 71.7. The van der Waals surface area contributed by atoms with Crippen LogP contribution in [0, 0.1) is 5.41 Å². The maximum Gasteiger partial charge on any atom is 0.223 e. The number of nitrogens with zero attached hydrogens (tertiary/aromatic N) is 13. The van der Waals surface area contributed by atoms with Gasteiger partial charge in [-0.25, -0.2) is 49.8 Å². The molecular weight excluding hydrogens is 1810 g/mol. The molecule has 766 valence electrons. The minimum Gasteiger partial charge on any atom is -0.486 e. The molecule has 12 aliphatic rings. The third-order valence-corrected chi connectivity index (χ3v) is 33.0. The molecular formula is C119H152N24O3. The Morgan fingerprint density at radius 2 is 0.719 bits per heavy atom. The van der Waals surface area contributed by atoms with Gasteiger partial charge in [0.2, 0.25) is 29.7 Å². The molecule has 0 atom stereocenters. The van der Waals surface area contributed by atoms with Gasteiger partial charge >= 0.3 is 0 Å². The molecule has 12 heterocycles. The first kappa shape index (κ1) is 101. The second-order valence-electron chi connectivity index (χ2n) is 43.0. The van der Waals surface area contributed by atoms with Crippen molar-refractivity contribution in [3.8, 4) is 67.8 Å². The Balaban J connectivity index is 0.000000112. The molecule has 7 aromatic carbocycles. The zero-order valence-corrected chi connectivity index (χ0v) is 86.7. The zero-order chi connectivity index (χ0) is 99.6. The van der Waals surface area contributed by atoms with Gasteiger partial charge in [-0.1, -0.05) is 192 Å². The van der Waals surface area contributed by atoms with Crippen molar-refractivity contribution in [1.82, 2.24) is 91.1 Å². The summed E-state index contributed by atoms with van der Waals surface area (Å²) < 4.78 is 16.8. The summed E-state index contributed by atoms with van der Waals surface area (Å²) in [6.07, 6.45) is 29.3. The van der Waals surface area contributed by atoms with Crippen molar-refractivity contribution in [3.05, 3.63) is 268 Å². The van der Waals surface area contributed by atoms with Gasteiger partial charge in [-0.15, -0.1) is 0 Å². The van der Waals surface area contributed by atoms with Crippen LogP contribution in [0.15, 0.2) is 201 Å². The van der Waals surface area contributed by atoms with Crippen LogP contribution < -0.4 is 68.4 Å². The number of piperidine rings is 5. The summed E-state index contributed by atoms with van der Waals surface area (Å²) in [6, 6.07) is 61.1. The number of ether oxygens (including phenoxy) is 3. The third-order valence-electron chi connectivity index (χ3n) is 33.0. The second-order valence-corrected chi connectivity index (χ2v) is 43.0. The number of anilines is 5. The van der Waals surface area contributed by atoms with Crippen molar-refractivity contribution in [2.24, 2.45) is 11.1 Å². The fourth-order valence-corrected chi connectivity index (χ4v) is 24.7. The molecule has 7 aliphatic heterocycles. The number of benzene rings is 7. The number of nitrogens with two attached hydrogens (primary N) is 1. The Bertz CT molecular complexity index is 6360. The lowest BCUT2D eigenvalue weighted by Crippen LogP contribution is -2.47. The van der Waals surface area contributed by atoms with Gasteiger partial charge in [-0.2, -0.15) is 0 Å². The average molecular weight is 1970 g/mol. The van der Waals surface area contributed by atoms with Crippen molar-refractivity contribution >= 4 is 29.7 Å². The highest BCUT2D eigenvalue weighted by molar-refractivity contribution is 5.78. The van der Waals surface area contributed by atoms with Gasteiger partial charge in [0.05, 0.1) is 35.1 Å². The average Bonchev–Trinajstić information content (AvgIpc) is 0.755. The number of fused-ring (bicyclic) bond motifs is 21. The molecule has 5 aromatic heterocycles. The van der Waals surface area contributed by atoms with E-state index < -0.39 is 0 Å². The summed E-state index contributed by atoms with van der Waals surface area (Å²) in [5.74, 6) is 5.17. The number of rotatable bonds is 26. The Kier molecular flexibility index (Phi) is 32.7. The first-order valence-corrected chi connectivity index (χ1v) is 54.6. The van der Waals surface area contributed by atoms with E-state index in [1.807, 2.05) is 30.7 Å². The van der Waals surface area contributed by atoms with E-state index in [2.05, 4.69) is 293 Å². The van der Waals surface area contributed by atoms with Crippen LogP contribution >= 0.6 is 0 Å². The maximum atomic E-state index is 5.84. The molecule has 0 amide bonds. The van der Waals surface area contributed by atoms with Gasteiger partial charge < -0.3 is 78.0 Å². The van der Waals surface area contributed by atoms with Crippen LogP contribution in [0.25, 0.3) is 56.3 Å². The van der Waals surface area contributed by atoms with Crippen LogP contribution in [0.2, 0.25) is 0 Å². The van der Waals surface area contributed by atoms with Gasteiger partial charge in [-0.05, 0) is 285 Å². The van der Waals surface area contributed by atoms with E-state index in [9.17, 15) is 0 Å². The monoisotopic (exact) mass is 1970 g/mol. The van der Waals surface area contributed by atoms with E-state index in [0.717, 1.165) is 272 Å². The minimum atomic E-state index is 0.0241. The molecule has 27 heteroatoms. The van der Waals surface area contributed by atoms with Crippen molar-refractivity contribution in [2.75, 3.05) is 204 Å². The number of nitrogens with one attached hydrogen (secondary N) is 10. The summed E-state index contributed by atoms with van der Waals surface area (Å²) >= 11 is 0. The summed E-state index contributed by atoms with van der Waals surface area (Å²) in [6.45, 7) is 38.8. The van der Waals surface area contributed by atoms with E-state index in [0.29, 0.717) is 50.8 Å². The molecule has 146 heavy (non-hydrogen) atoms. The topological polar surface area (TPSA) is 313 Å². The third kappa shape index (κ3) is 23.2. The van der Waals surface area contributed by atoms with Crippen molar-refractivity contribution in [3.63, 3.8) is 0 Å². The fourth-order valence-electron chi connectivity index (χ4n) is 24.7. The molecule has 0 bridgehead atoms. The van der Waals surface area contributed by atoms with Crippen molar-refractivity contribution in [2.45, 2.75) is 184 Å². The minimum absolute atomic E-state index is 0.0241. The lowest BCUT2D eigenvalue weighted by atomic mass is 9.64. The predicted molar refractivity (Wildman–Crippen MR) is 588 cm³/mol. The Morgan fingerprint density at radius 1 is 0.377 bits per heavy atom. The fraction of sp³-hybridized carbons (Fsp3) is 0.479. The molecule has 0 saturated carbocycles. The van der Waals surface area contributed by atoms with E-state index in [4.69, 9.17) is 49.8 Å². The van der Waals surface area contributed by atoms with Crippen LogP contribution in [-0.2, 0) is 77.0 Å². The maximum absolute atomic E-state index is 5.84. The van der Waals surface area contributed by atoms with Crippen LogP contribution in [0.4, 0.5) is 29.7 Å². The zero-order valence-electron chi connectivity index (χ0n) is 86.7. The lowest BCUT2D eigenvalue weighted by molar-refractivity contribution is 0.130. The molecule has 6 fully saturated rings. The smallest absolute Gasteiger partial charge is 0.223 e. The first-order valence-electron chi connectivity index (χ1n) is 54.6. The van der Waals surface area contributed by atoms with E-state index in [1.54, 1.807) is 0 Å². The van der Waals surface area contributed by atoms with Crippen LogP contribution in [-0.4, -0.2) is 241 Å². The largest absolute Gasteiger partial charge is 0.486 e. The van der Waals surface area contributed by atoms with Crippen molar-refractivity contribution < 1.29 is 14.2 Å². The molecule has 24 rings (SSSR count). The van der Waals surface area contributed by atoms with Crippen molar-refractivity contribution in [1.29, 1.82) is 0 Å². The highest BCUT2D eigenvalue weighted by Gasteiger charge is 2.47. The molecule has 5 spiro atoms. The second kappa shape index (κ2) is 47.1. The number of hydrogen-bond donors (Lipinski definition) is 11. The van der Waals surface area contributed by atoms with Crippen LogP contribution in [0.5, 0.6) is 11.5 Å². The molecule has 12 aromatic rings. The van der Waals surface area contributed by atoms with Gasteiger partial charge in [-0.3, -0.25) is 9.80 Å². The van der Waals surface area contributed by atoms with Gasteiger partial charge in [0.25, 0.3) is 0 Å². The van der Waals surface area contributed by atoms with Crippen LogP contribution in [0.3, 0.4) is 0 Å². The van der Waals surface area contributed by atoms with Gasteiger partial charge in [0.1, 0.15) is 13.2 Å². The summed E-state index contributed by atoms with van der Waals surface area (Å²) in [5.41, 5.74) is 35.2. The molecule has 0 radical (unpaired) electrons. The van der Waals surface area contributed by atoms with Crippen LogP contribution in [0.1, 0.15) is 178 Å². The molecule has 12 N–H and O–H groups in total. The summed E-state index contributed by atoms with van der Waals surface area (Å²) in [7, 11) is 0. The van der Waals surface area contributed by atoms with Gasteiger partial charge in [0.15, 0.2) is 11.5 Å². The lowest BCUT2D eigenvalue weighted by Gasteiger charge is -2.42. The Hall–Kier alpha value is -11.9. The molecule has 5 aliphatic carbocycles. The molecule has 6 saturated heterocycles.